The van der Waals surface area contributed by atoms with E-state index < -0.39 is 0 Å². The molecule has 1 fully saturated rings. The van der Waals surface area contributed by atoms with E-state index in [1.807, 2.05) is 17.0 Å². The topological polar surface area (TPSA) is 32.8 Å². The van der Waals surface area contributed by atoms with Crippen molar-refractivity contribution < 1.29 is 9.53 Å². The zero-order valence-corrected chi connectivity index (χ0v) is 15.1. The average Bonchev–Trinajstić information content (AvgIpc) is 3.13. The molecule has 1 aliphatic rings. The molecule has 3 rings (SSSR count). The molecule has 24 heavy (non-hydrogen) atoms. The van der Waals surface area contributed by atoms with Gasteiger partial charge >= 0.3 is 0 Å². The minimum Gasteiger partial charge on any atom is -0.482 e. The van der Waals surface area contributed by atoms with Gasteiger partial charge in [0, 0.05) is 37.6 Å². The molecule has 6 heteroatoms. The van der Waals surface area contributed by atoms with Crippen LogP contribution in [0.2, 0.25) is 5.02 Å². The number of hydrogen-bond acceptors (Lipinski definition) is 4. The van der Waals surface area contributed by atoms with Crippen LogP contribution in [0.15, 0.2) is 41.8 Å². The molecule has 0 bridgehead atoms. The molecule has 1 saturated heterocycles. The molecule has 0 saturated carbocycles. The van der Waals surface area contributed by atoms with E-state index in [0.29, 0.717) is 10.8 Å². The predicted octanol–water partition coefficient (Wildman–Crippen LogP) is 3.17. The molecule has 1 amide bonds. The summed E-state index contributed by atoms with van der Waals surface area (Å²) in [4.78, 5) is 18.0. The van der Waals surface area contributed by atoms with Crippen LogP contribution in [0.3, 0.4) is 0 Å². The highest BCUT2D eigenvalue weighted by Gasteiger charge is 2.21. The summed E-state index contributed by atoms with van der Waals surface area (Å²) in [6.45, 7) is 4.45. The molecular formula is C18H21ClN2O2S. The predicted molar refractivity (Wildman–Crippen MR) is 98.0 cm³/mol. The van der Waals surface area contributed by atoms with Crippen LogP contribution in [-0.2, 0) is 11.2 Å². The summed E-state index contributed by atoms with van der Waals surface area (Å²) >= 11 is 7.84. The zero-order valence-electron chi connectivity index (χ0n) is 13.5. The number of piperazine rings is 1. The van der Waals surface area contributed by atoms with E-state index in [4.69, 9.17) is 16.3 Å². The van der Waals surface area contributed by atoms with Gasteiger partial charge in [-0.1, -0.05) is 29.8 Å². The third kappa shape index (κ3) is 4.72. The van der Waals surface area contributed by atoms with E-state index >= 15 is 0 Å². The summed E-state index contributed by atoms with van der Waals surface area (Å²) in [5, 5.41) is 2.65. The molecule has 1 aliphatic heterocycles. The highest BCUT2D eigenvalue weighted by atomic mass is 35.5. The summed E-state index contributed by atoms with van der Waals surface area (Å²) in [5.74, 6) is 0.579. The molecule has 0 N–H and O–H groups in total. The number of para-hydroxylation sites is 1. The third-order valence-electron chi connectivity index (χ3n) is 4.17. The average molecular weight is 365 g/mol. The van der Waals surface area contributed by atoms with Gasteiger partial charge in [0.25, 0.3) is 5.91 Å². The molecule has 0 atom stereocenters. The quantitative estimate of drug-likeness (QED) is 0.789. The van der Waals surface area contributed by atoms with Gasteiger partial charge in [-0.15, -0.1) is 11.3 Å². The Hall–Kier alpha value is -1.56. The van der Waals surface area contributed by atoms with Gasteiger partial charge in [-0.3, -0.25) is 9.69 Å². The first-order valence-corrected chi connectivity index (χ1v) is 9.38. The van der Waals surface area contributed by atoms with Crippen molar-refractivity contribution in [1.29, 1.82) is 0 Å². The van der Waals surface area contributed by atoms with Crippen LogP contribution in [0.1, 0.15) is 4.88 Å². The van der Waals surface area contributed by atoms with Crippen molar-refractivity contribution in [2.24, 2.45) is 0 Å². The maximum atomic E-state index is 12.3. The minimum atomic E-state index is 0.0211. The van der Waals surface area contributed by atoms with Crippen molar-refractivity contribution >= 4 is 28.8 Å². The standard InChI is InChI=1S/C18H21ClN2O2S/c19-16-5-1-2-6-17(16)23-14-18(22)21-11-9-20(10-12-21)8-7-15-4-3-13-24-15/h1-6,13H,7-12,14H2. The zero-order chi connectivity index (χ0) is 16.8. The van der Waals surface area contributed by atoms with Gasteiger partial charge in [-0.2, -0.15) is 0 Å². The van der Waals surface area contributed by atoms with E-state index in [-0.39, 0.29) is 12.5 Å². The first-order chi connectivity index (χ1) is 11.7. The van der Waals surface area contributed by atoms with Gasteiger partial charge in [0.05, 0.1) is 5.02 Å². The first-order valence-electron chi connectivity index (χ1n) is 8.12. The van der Waals surface area contributed by atoms with Crippen molar-refractivity contribution in [1.82, 2.24) is 9.80 Å². The van der Waals surface area contributed by atoms with Gasteiger partial charge in [0.15, 0.2) is 6.61 Å². The normalized spacial score (nSPS) is 15.5. The highest BCUT2D eigenvalue weighted by molar-refractivity contribution is 7.09. The summed E-state index contributed by atoms with van der Waals surface area (Å²) < 4.78 is 5.54. The van der Waals surface area contributed by atoms with Gasteiger partial charge < -0.3 is 9.64 Å². The molecule has 1 aromatic heterocycles. The Morgan fingerprint density at radius 2 is 1.92 bits per heavy atom. The molecule has 2 heterocycles. The molecule has 0 unspecified atom stereocenters. The van der Waals surface area contributed by atoms with Crippen LogP contribution >= 0.6 is 22.9 Å². The lowest BCUT2D eigenvalue weighted by atomic mass is 10.2. The van der Waals surface area contributed by atoms with Crippen LogP contribution in [0, 0.1) is 0 Å². The van der Waals surface area contributed by atoms with Crippen LogP contribution in [0.4, 0.5) is 0 Å². The molecule has 2 aromatic rings. The molecule has 4 nitrogen and oxygen atoms in total. The van der Waals surface area contributed by atoms with E-state index in [1.54, 1.807) is 23.5 Å². The van der Waals surface area contributed by atoms with Crippen LogP contribution < -0.4 is 4.74 Å². The number of rotatable bonds is 6. The second-order valence-electron chi connectivity index (χ2n) is 5.77. The number of benzene rings is 1. The van der Waals surface area contributed by atoms with E-state index in [0.717, 1.165) is 39.1 Å². The number of halogens is 1. The molecule has 1 aromatic carbocycles. The maximum Gasteiger partial charge on any atom is 0.260 e. The number of carbonyl (C=O) groups is 1. The van der Waals surface area contributed by atoms with Crippen LogP contribution in [-0.4, -0.2) is 55.0 Å². The van der Waals surface area contributed by atoms with Gasteiger partial charge in [0.1, 0.15) is 5.75 Å². The molecule has 128 valence electrons. The fourth-order valence-electron chi connectivity index (χ4n) is 2.74. The number of thiophene rings is 1. The van der Waals surface area contributed by atoms with Crippen LogP contribution in [0.5, 0.6) is 5.75 Å². The Bertz CT molecular complexity index is 655. The monoisotopic (exact) mass is 364 g/mol. The van der Waals surface area contributed by atoms with Crippen molar-refractivity contribution in [2.45, 2.75) is 6.42 Å². The summed E-state index contributed by atoms with van der Waals surface area (Å²) in [6.07, 6.45) is 1.08. The van der Waals surface area contributed by atoms with Crippen molar-refractivity contribution in [3.63, 3.8) is 0 Å². The Balaban J connectivity index is 1.39. The highest BCUT2D eigenvalue weighted by Crippen LogP contribution is 2.23. The fourth-order valence-corrected chi connectivity index (χ4v) is 3.63. The second kappa shape index (κ2) is 8.51. The minimum absolute atomic E-state index is 0.0211. The third-order valence-corrected chi connectivity index (χ3v) is 5.42. The van der Waals surface area contributed by atoms with E-state index in [1.165, 1.54) is 4.88 Å². The second-order valence-corrected chi connectivity index (χ2v) is 7.21. The number of nitrogens with zero attached hydrogens (tertiary/aromatic N) is 2. The Labute approximate surface area is 151 Å². The summed E-state index contributed by atoms with van der Waals surface area (Å²) in [6, 6.07) is 11.5. The van der Waals surface area contributed by atoms with Crippen molar-refractivity contribution in [3.05, 3.63) is 51.7 Å². The number of carbonyl (C=O) groups excluding carboxylic acids is 1. The molecule has 0 aliphatic carbocycles. The molecule has 0 spiro atoms. The number of ether oxygens (including phenoxy) is 1. The van der Waals surface area contributed by atoms with Gasteiger partial charge in [-0.05, 0) is 30.0 Å². The summed E-state index contributed by atoms with van der Waals surface area (Å²) in [5.41, 5.74) is 0. The largest absolute Gasteiger partial charge is 0.482 e. The maximum absolute atomic E-state index is 12.3. The smallest absolute Gasteiger partial charge is 0.260 e. The lowest BCUT2D eigenvalue weighted by Crippen LogP contribution is -2.50. The van der Waals surface area contributed by atoms with Gasteiger partial charge in [-0.25, -0.2) is 0 Å². The summed E-state index contributed by atoms with van der Waals surface area (Å²) in [7, 11) is 0. The Kier molecular flexibility index (Phi) is 6.12. The number of hydrogen-bond donors (Lipinski definition) is 0. The lowest BCUT2D eigenvalue weighted by Gasteiger charge is -2.34. The van der Waals surface area contributed by atoms with E-state index in [9.17, 15) is 4.79 Å². The first kappa shape index (κ1) is 17.3. The fraction of sp³-hybridized carbons (Fsp3) is 0.389. The Morgan fingerprint density at radius 3 is 2.62 bits per heavy atom. The SMILES string of the molecule is O=C(COc1ccccc1Cl)N1CCN(CCc2cccs2)CC1. The van der Waals surface area contributed by atoms with Crippen molar-refractivity contribution in [2.75, 3.05) is 39.3 Å². The van der Waals surface area contributed by atoms with E-state index in [2.05, 4.69) is 22.4 Å². The van der Waals surface area contributed by atoms with Crippen LogP contribution in [0.25, 0.3) is 0 Å². The lowest BCUT2D eigenvalue weighted by molar-refractivity contribution is -0.135. The number of amides is 1. The molecule has 0 radical (unpaired) electrons. The molecular weight excluding hydrogens is 344 g/mol. The van der Waals surface area contributed by atoms with Gasteiger partial charge in [0.2, 0.25) is 0 Å². The Morgan fingerprint density at radius 1 is 1.12 bits per heavy atom. The van der Waals surface area contributed by atoms with Crippen molar-refractivity contribution in [3.8, 4) is 5.75 Å².